The Balaban J connectivity index is 1.60. The molecule has 3 rings (SSSR count). The van der Waals surface area contributed by atoms with Crippen LogP contribution in [0.1, 0.15) is 32.2 Å². The molecule has 0 spiro atoms. The lowest BCUT2D eigenvalue weighted by Gasteiger charge is -2.17. The van der Waals surface area contributed by atoms with E-state index in [1.165, 1.54) is 22.5 Å². The van der Waals surface area contributed by atoms with Crippen molar-refractivity contribution in [3.05, 3.63) is 81.3 Å². The lowest BCUT2D eigenvalue weighted by Crippen LogP contribution is -2.26. The molecule has 3 aromatic rings. The van der Waals surface area contributed by atoms with Gasteiger partial charge in [0.1, 0.15) is 23.1 Å². The minimum atomic E-state index is -0.0777. The second kappa shape index (κ2) is 8.15. The van der Waals surface area contributed by atoms with Gasteiger partial charge in [-0.05, 0) is 37.1 Å². The Labute approximate surface area is 158 Å². The summed E-state index contributed by atoms with van der Waals surface area (Å²) in [6.07, 6.45) is 0. The fraction of sp³-hybridized carbons (Fsp3) is 0.238. The highest BCUT2D eigenvalue weighted by Gasteiger charge is 2.16. The van der Waals surface area contributed by atoms with Crippen molar-refractivity contribution in [1.29, 1.82) is 0 Å². The van der Waals surface area contributed by atoms with Crippen molar-refractivity contribution in [2.75, 3.05) is 7.05 Å². The normalized spacial score (nSPS) is 10.6. The maximum absolute atomic E-state index is 12.6. The lowest BCUT2D eigenvalue weighted by atomic mass is 10.1. The second-order valence-electron chi connectivity index (χ2n) is 6.32. The standard InChI is InChI=1S/C21H22N2O2S/c1-15-8-10-18(11-9-15)25-13-20-22-19(14-26-20)21(24)23(3)12-17-7-5-4-6-16(17)2/h4-11,14H,12-13H2,1-3H3. The van der Waals surface area contributed by atoms with Crippen LogP contribution in [0.25, 0.3) is 0 Å². The maximum Gasteiger partial charge on any atom is 0.273 e. The van der Waals surface area contributed by atoms with E-state index in [-0.39, 0.29) is 5.91 Å². The number of aryl methyl sites for hydroxylation is 2. The van der Waals surface area contributed by atoms with Crippen LogP contribution >= 0.6 is 11.3 Å². The third-order valence-electron chi connectivity index (χ3n) is 4.17. The van der Waals surface area contributed by atoms with Crippen LogP contribution in [-0.4, -0.2) is 22.8 Å². The Bertz CT molecular complexity index is 887. The van der Waals surface area contributed by atoms with Crippen molar-refractivity contribution in [3.63, 3.8) is 0 Å². The molecule has 0 radical (unpaired) electrons. The summed E-state index contributed by atoms with van der Waals surface area (Å²) in [4.78, 5) is 18.7. The van der Waals surface area contributed by atoms with Crippen LogP contribution in [0.5, 0.6) is 5.75 Å². The molecular formula is C21H22N2O2S. The van der Waals surface area contributed by atoms with Crippen LogP contribution in [0.3, 0.4) is 0 Å². The van der Waals surface area contributed by atoms with Crippen molar-refractivity contribution in [2.45, 2.75) is 27.0 Å². The molecule has 2 aromatic carbocycles. The summed E-state index contributed by atoms with van der Waals surface area (Å²) in [5, 5.41) is 2.59. The number of rotatable bonds is 6. The molecule has 1 amide bonds. The summed E-state index contributed by atoms with van der Waals surface area (Å²) in [6, 6.07) is 16.0. The molecule has 0 bridgehead atoms. The third-order valence-corrected chi connectivity index (χ3v) is 4.99. The highest BCUT2D eigenvalue weighted by Crippen LogP contribution is 2.18. The van der Waals surface area contributed by atoms with E-state index in [4.69, 9.17) is 4.74 Å². The first kappa shape index (κ1) is 18.1. The second-order valence-corrected chi connectivity index (χ2v) is 7.26. The molecule has 1 aromatic heterocycles. The summed E-state index contributed by atoms with van der Waals surface area (Å²) < 4.78 is 5.73. The van der Waals surface area contributed by atoms with Crippen LogP contribution in [0.4, 0.5) is 0 Å². The molecule has 0 fully saturated rings. The average Bonchev–Trinajstić information content (AvgIpc) is 3.11. The smallest absolute Gasteiger partial charge is 0.273 e. The van der Waals surface area contributed by atoms with E-state index in [9.17, 15) is 4.79 Å². The Morgan fingerprint density at radius 3 is 2.58 bits per heavy atom. The van der Waals surface area contributed by atoms with Gasteiger partial charge < -0.3 is 9.64 Å². The van der Waals surface area contributed by atoms with Gasteiger partial charge in [0.25, 0.3) is 5.91 Å². The topological polar surface area (TPSA) is 42.4 Å². The number of nitrogens with zero attached hydrogens (tertiary/aromatic N) is 2. The zero-order valence-electron chi connectivity index (χ0n) is 15.2. The SMILES string of the molecule is Cc1ccc(OCc2nc(C(=O)N(C)Cc3ccccc3C)cs2)cc1. The number of carbonyl (C=O) groups is 1. The molecule has 26 heavy (non-hydrogen) atoms. The third kappa shape index (κ3) is 4.49. The maximum atomic E-state index is 12.6. The van der Waals surface area contributed by atoms with Crippen LogP contribution < -0.4 is 4.74 Å². The number of benzene rings is 2. The van der Waals surface area contributed by atoms with E-state index in [1.807, 2.05) is 49.4 Å². The molecule has 4 nitrogen and oxygen atoms in total. The Hall–Kier alpha value is -2.66. The zero-order valence-corrected chi connectivity index (χ0v) is 16.0. The van der Waals surface area contributed by atoms with Gasteiger partial charge in [0.05, 0.1) is 0 Å². The fourth-order valence-corrected chi connectivity index (χ4v) is 3.24. The van der Waals surface area contributed by atoms with E-state index in [2.05, 4.69) is 18.0 Å². The molecule has 134 valence electrons. The summed E-state index contributed by atoms with van der Waals surface area (Å²) >= 11 is 1.44. The van der Waals surface area contributed by atoms with Gasteiger partial charge in [-0.3, -0.25) is 4.79 Å². The van der Waals surface area contributed by atoms with Gasteiger partial charge in [-0.25, -0.2) is 4.98 Å². The summed E-state index contributed by atoms with van der Waals surface area (Å²) in [7, 11) is 1.80. The van der Waals surface area contributed by atoms with E-state index in [0.717, 1.165) is 16.3 Å². The highest BCUT2D eigenvalue weighted by atomic mass is 32.1. The van der Waals surface area contributed by atoms with Crippen molar-refractivity contribution in [2.24, 2.45) is 0 Å². The number of carbonyl (C=O) groups excluding carboxylic acids is 1. The van der Waals surface area contributed by atoms with Crippen molar-refractivity contribution < 1.29 is 9.53 Å². The first-order valence-corrected chi connectivity index (χ1v) is 9.35. The molecule has 0 unspecified atom stereocenters. The quantitative estimate of drug-likeness (QED) is 0.640. The number of amides is 1. The van der Waals surface area contributed by atoms with Crippen LogP contribution in [0, 0.1) is 13.8 Å². The van der Waals surface area contributed by atoms with Crippen molar-refractivity contribution in [1.82, 2.24) is 9.88 Å². The van der Waals surface area contributed by atoms with Gasteiger partial charge in [-0.2, -0.15) is 0 Å². The summed E-state index contributed by atoms with van der Waals surface area (Å²) in [6.45, 7) is 5.02. The molecule has 0 saturated carbocycles. The van der Waals surface area contributed by atoms with Gasteiger partial charge in [0.15, 0.2) is 0 Å². The summed E-state index contributed by atoms with van der Waals surface area (Å²) in [5.41, 5.74) is 3.98. The molecular weight excluding hydrogens is 344 g/mol. The predicted octanol–water partition coefficient (Wildman–Crippen LogP) is 4.61. The Morgan fingerprint density at radius 1 is 1.12 bits per heavy atom. The first-order valence-electron chi connectivity index (χ1n) is 8.47. The molecule has 1 heterocycles. The van der Waals surface area contributed by atoms with E-state index in [0.29, 0.717) is 18.8 Å². The first-order chi connectivity index (χ1) is 12.5. The number of aromatic nitrogens is 1. The van der Waals surface area contributed by atoms with Crippen LogP contribution in [-0.2, 0) is 13.2 Å². The Morgan fingerprint density at radius 2 is 1.85 bits per heavy atom. The van der Waals surface area contributed by atoms with E-state index >= 15 is 0 Å². The monoisotopic (exact) mass is 366 g/mol. The van der Waals surface area contributed by atoms with Gasteiger partial charge in [-0.15, -0.1) is 11.3 Å². The molecule has 0 aliphatic heterocycles. The molecule has 5 heteroatoms. The minimum Gasteiger partial charge on any atom is -0.486 e. The van der Waals surface area contributed by atoms with E-state index in [1.54, 1.807) is 17.3 Å². The number of thiazole rings is 1. The van der Waals surface area contributed by atoms with Gasteiger partial charge in [0, 0.05) is 19.0 Å². The van der Waals surface area contributed by atoms with Crippen molar-refractivity contribution >= 4 is 17.2 Å². The van der Waals surface area contributed by atoms with Gasteiger partial charge in [-0.1, -0.05) is 42.0 Å². The predicted molar refractivity (Wildman–Crippen MR) is 105 cm³/mol. The van der Waals surface area contributed by atoms with Crippen LogP contribution in [0.2, 0.25) is 0 Å². The average molecular weight is 366 g/mol. The fourth-order valence-electron chi connectivity index (χ4n) is 2.57. The summed E-state index contributed by atoms with van der Waals surface area (Å²) in [5.74, 6) is 0.724. The van der Waals surface area contributed by atoms with Gasteiger partial charge >= 0.3 is 0 Å². The molecule has 0 aliphatic carbocycles. The Kier molecular flexibility index (Phi) is 5.68. The number of ether oxygens (including phenoxy) is 1. The number of hydrogen-bond acceptors (Lipinski definition) is 4. The molecule has 0 N–H and O–H groups in total. The van der Waals surface area contributed by atoms with Gasteiger partial charge in [0.2, 0.25) is 0 Å². The number of hydrogen-bond donors (Lipinski definition) is 0. The molecule has 0 saturated heterocycles. The minimum absolute atomic E-state index is 0.0777. The van der Waals surface area contributed by atoms with E-state index < -0.39 is 0 Å². The molecule has 0 atom stereocenters. The van der Waals surface area contributed by atoms with Crippen molar-refractivity contribution in [3.8, 4) is 5.75 Å². The zero-order chi connectivity index (χ0) is 18.5. The highest BCUT2D eigenvalue weighted by molar-refractivity contribution is 7.09. The lowest BCUT2D eigenvalue weighted by molar-refractivity contribution is 0.0779. The van der Waals surface area contributed by atoms with Crippen LogP contribution in [0.15, 0.2) is 53.9 Å². The molecule has 0 aliphatic rings. The largest absolute Gasteiger partial charge is 0.486 e.